The van der Waals surface area contributed by atoms with Gasteiger partial charge in [-0.15, -0.1) is 3.77 Å². The van der Waals surface area contributed by atoms with Crippen LogP contribution in [0, 0.1) is 0 Å². The fourth-order valence-corrected chi connectivity index (χ4v) is 2.66. The third-order valence-corrected chi connectivity index (χ3v) is 3.52. The molecule has 0 aromatic heterocycles. The Morgan fingerprint density at radius 3 is 2.80 bits per heavy atom. The second-order valence-electron chi connectivity index (χ2n) is 1.64. The maximum absolute atomic E-state index is 3.29. The lowest BCUT2D eigenvalue weighted by Gasteiger charge is -1.92. The second kappa shape index (κ2) is 6.42. The first-order valence-electron chi connectivity index (χ1n) is 2.75. The summed E-state index contributed by atoms with van der Waals surface area (Å²) >= 11 is 1.69. The summed E-state index contributed by atoms with van der Waals surface area (Å²) in [6, 6.07) is 0. The van der Waals surface area contributed by atoms with Crippen molar-refractivity contribution in [1.82, 2.24) is 0 Å². The molecule has 0 aliphatic carbocycles. The molecule has 1 atom stereocenters. The summed E-state index contributed by atoms with van der Waals surface area (Å²) in [7, 11) is 0.301. The van der Waals surface area contributed by atoms with Gasteiger partial charge in [-0.05, 0) is 0 Å². The lowest BCUT2D eigenvalue weighted by atomic mass is 10.5. The smallest absolute Gasteiger partial charge is 0.161 e. The number of hydrogen-bond donors (Lipinski definition) is 1. The fraction of sp³-hybridized carbons (Fsp3) is 0.333. The van der Waals surface area contributed by atoms with Gasteiger partial charge in [0, 0.05) is 11.7 Å². The lowest BCUT2D eigenvalue weighted by molar-refractivity contribution is -0.206. The summed E-state index contributed by atoms with van der Waals surface area (Å²) in [4.78, 5) is 0. The summed E-state index contributed by atoms with van der Waals surface area (Å²) in [6.45, 7) is 0. The maximum atomic E-state index is 3.29. The third kappa shape index (κ3) is 3.78. The SMILES string of the molecule is CS[NH+]=S1C=CC=CC1.[I-]. The minimum atomic E-state index is 0. The van der Waals surface area contributed by atoms with E-state index >= 15 is 0 Å². The summed E-state index contributed by atoms with van der Waals surface area (Å²) in [5.74, 6) is 1.15. The van der Waals surface area contributed by atoms with Crippen molar-refractivity contribution in [3.05, 3.63) is 23.6 Å². The van der Waals surface area contributed by atoms with Crippen molar-refractivity contribution in [2.45, 2.75) is 0 Å². The predicted molar refractivity (Wildman–Crippen MR) is 45.0 cm³/mol. The zero-order chi connectivity index (χ0) is 6.53. The molecule has 0 saturated carbocycles. The van der Waals surface area contributed by atoms with Crippen molar-refractivity contribution in [1.29, 1.82) is 0 Å². The Morgan fingerprint density at radius 1 is 1.50 bits per heavy atom. The van der Waals surface area contributed by atoms with E-state index < -0.39 is 0 Å². The van der Waals surface area contributed by atoms with Crippen molar-refractivity contribution in [3.63, 3.8) is 0 Å². The zero-order valence-electron chi connectivity index (χ0n) is 5.71. The Labute approximate surface area is 85.6 Å². The molecule has 1 rings (SSSR count). The van der Waals surface area contributed by atoms with E-state index in [0.29, 0.717) is 10.7 Å². The van der Waals surface area contributed by atoms with E-state index in [1.54, 1.807) is 11.9 Å². The molecule has 0 aromatic carbocycles. The van der Waals surface area contributed by atoms with Gasteiger partial charge in [0.05, 0.1) is 16.4 Å². The van der Waals surface area contributed by atoms with Crippen LogP contribution in [0.25, 0.3) is 0 Å². The van der Waals surface area contributed by atoms with Crippen molar-refractivity contribution in [2.75, 3.05) is 12.0 Å². The summed E-state index contributed by atoms with van der Waals surface area (Å²) in [5, 5.41) is 2.20. The predicted octanol–water partition coefficient (Wildman–Crippen LogP) is -2.77. The van der Waals surface area contributed by atoms with Crippen LogP contribution in [0.5, 0.6) is 0 Å². The van der Waals surface area contributed by atoms with Crippen molar-refractivity contribution < 1.29 is 27.7 Å². The Morgan fingerprint density at radius 2 is 2.30 bits per heavy atom. The molecule has 0 fully saturated rings. The first-order valence-corrected chi connectivity index (χ1v) is 5.43. The number of hydrogen-bond acceptors (Lipinski definition) is 1. The highest BCUT2D eigenvalue weighted by Gasteiger charge is 1.96. The van der Waals surface area contributed by atoms with Crippen LogP contribution in [0.3, 0.4) is 0 Å². The molecule has 1 heterocycles. The van der Waals surface area contributed by atoms with Gasteiger partial charge in [-0.3, -0.25) is 0 Å². The van der Waals surface area contributed by atoms with E-state index in [1.165, 1.54) is 0 Å². The molecule has 10 heavy (non-hydrogen) atoms. The number of nitrogens with one attached hydrogen (secondary N) is 1. The normalized spacial score (nSPS) is 22.7. The van der Waals surface area contributed by atoms with E-state index in [-0.39, 0.29) is 24.0 Å². The van der Waals surface area contributed by atoms with Crippen molar-refractivity contribution in [3.8, 4) is 0 Å². The molecule has 0 bridgehead atoms. The quantitative estimate of drug-likeness (QED) is 0.407. The first kappa shape index (κ1) is 10.7. The van der Waals surface area contributed by atoms with Crippen LogP contribution in [0.2, 0.25) is 0 Å². The summed E-state index contributed by atoms with van der Waals surface area (Å²) in [6.07, 6.45) is 8.42. The van der Waals surface area contributed by atoms with Gasteiger partial charge >= 0.3 is 0 Å². The molecule has 1 unspecified atom stereocenters. The highest BCUT2D eigenvalue weighted by Crippen LogP contribution is 1.92. The highest BCUT2D eigenvalue weighted by atomic mass is 127. The van der Waals surface area contributed by atoms with Crippen LogP contribution in [0.15, 0.2) is 23.6 Å². The van der Waals surface area contributed by atoms with Gasteiger partial charge in [-0.2, -0.15) is 0 Å². The number of halogens is 1. The van der Waals surface area contributed by atoms with E-state index in [0.717, 1.165) is 5.75 Å². The standard InChI is InChI=1S/C6H9NS2.HI/c1-8-7-9-5-3-2-4-6-9;/h2-5H,6H2,1H3;1H. The first-order chi connectivity index (χ1) is 4.43. The Bertz CT molecular complexity index is 175. The Kier molecular flexibility index (Phi) is 6.88. The van der Waals surface area contributed by atoms with Crippen LogP contribution < -0.4 is 27.7 Å². The molecule has 1 nitrogen and oxygen atoms in total. The Balaban J connectivity index is 0.000000810. The lowest BCUT2D eigenvalue weighted by Crippen LogP contribution is -3.00. The minimum absolute atomic E-state index is 0. The fourth-order valence-electron chi connectivity index (χ4n) is 0.602. The third-order valence-electron chi connectivity index (χ3n) is 0.956. The molecule has 1 aliphatic rings. The van der Waals surface area contributed by atoms with Gasteiger partial charge in [0.25, 0.3) is 0 Å². The number of allylic oxidation sites excluding steroid dienone is 2. The maximum Gasteiger partial charge on any atom is 0.161 e. The molecule has 4 heteroatoms. The topological polar surface area (TPSA) is 14.0 Å². The monoisotopic (exact) mass is 287 g/mol. The van der Waals surface area contributed by atoms with Crippen LogP contribution in [0.4, 0.5) is 0 Å². The van der Waals surface area contributed by atoms with Crippen molar-refractivity contribution >= 4 is 22.6 Å². The van der Waals surface area contributed by atoms with Gasteiger partial charge in [0.1, 0.15) is 0 Å². The van der Waals surface area contributed by atoms with Gasteiger partial charge < -0.3 is 24.0 Å². The van der Waals surface area contributed by atoms with Gasteiger partial charge in [0.2, 0.25) is 0 Å². The highest BCUT2D eigenvalue weighted by molar-refractivity contribution is 7.98. The molecule has 0 saturated heterocycles. The average Bonchev–Trinajstić information content (AvgIpc) is 1.91. The molecular weight excluding hydrogens is 277 g/mol. The second-order valence-corrected chi connectivity index (χ2v) is 4.18. The molecule has 0 spiro atoms. The Hall–Kier alpha value is 0.710. The van der Waals surface area contributed by atoms with E-state index in [9.17, 15) is 0 Å². The summed E-state index contributed by atoms with van der Waals surface area (Å²) < 4.78 is 3.29. The van der Waals surface area contributed by atoms with Gasteiger partial charge in [-0.1, -0.05) is 18.2 Å². The molecule has 0 aromatic rings. The minimum Gasteiger partial charge on any atom is -1.00 e. The van der Waals surface area contributed by atoms with Crippen LogP contribution in [-0.2, 0) is 10.7 Å². The molecular formula is C6H10INS2. The van der Waals surface area contributed by atoms with Crippen LogP contribution >= 0.6 is 11.9 Å². The molecule has 1 N–H and O–H groups in total. The van der Waals surface area contributed by atoms with Crippen LogP contribution in [-0.4, -0.2) is 12.0 Å². The molecule has 0 radical (unpaired) electrons. The summed E-state index contributed by atoms with van der Waals surface area (Å²) in [5.41, 5.74) is 0. The molecule has 0 amide bonds. The molecule has 1 aliphatic heterocycles. The van der Waals surface area contributed by atoms with E-state index in [4.69, 9.17) is 0 Å². The average molecular weight is 287 g/mol. The van der Waals surface area contributed by atoms with E-state index in [1.807, 2.05) is 0 Å². The largest absolute Gasteiger partial charge is 1.00 e. The van der Waals surface area contributed by atoms with Crippen molar-refractivity contribution in [2.24, 2.45) is 0 Å². The van der Waals surface area contributed by atoms with Gasteiger partial charge in [-0.25, -0.2) is 0 Å². The zero-order valence-corrected chi connectivity index (χ0v) is 9.50. The van der Waals surface area contributed by atoms with Gasteiger partial charge in [0.15, 0.2) is 11.9 Å². The van der Waals surface area contributed by atoms with E-state index in [2.05, 4.69) is 33.7 Å². The molecule has 58 valence electrons. The van der Waals surface area contributed by atoms with Crippen LogP contribution in [0.1, 0.15) is 0 Å². The number of rotatable bonds is 1.